The van der Waals surface area contributed by atoms with Gasteiger partial charge in [0.05, 0.1) is 15.7 Å². The van der Waals surface area contributed by atoms with Crippen molar-refractivity contribution in [3.63, 3.8) is 0 Å². The van der Waals surface area contributed by atoms with Crippen molar-refractivity contribution in [2.45, 2.75) is 13.0 Å². The molecule has 0 aliphatic rings. The third kappa shape index (κ3) is 4.90. The fourth-order valence-electron chi connectivity index (χ4n) is 1.86. The van der Waals surface area contributed by atoms with Crippen molar-refractivity contribution < 1.29 is 9.18 Å². The molecule has 0 atom stereocenters. The van der Waals surface area contributed by atoms with E-state index in [1.54, 1.807) is 30.3 Å². The molecule has 22 heavy (non-hydrogen) atoms. The van der Waals surface area contributed by atoms with Crippen LogP contribution in [0.5, 0.6) is 0 Å². The molecule has 0 aromatic heterocycles. The summed E-state index contributed by atoms with van der Waals surface area (Å²) in [5.74, 6) is -0.407. The maximum absolute atomic E-state index is 12.8. The van der Waals surface area contributed by atoms with Crippen LogP contribution in [-0.2, 0) is 11.3 Å². The predicted molar refractivity (Wildman–Crippen MR) is 87.8 cm³/mol. The van der Waals surface area contributed by atoms with Gasteiger partial charge in [-0.3, -0.25) is 4.79 Å². The van der Waals surface area contributed by atoms with Crippen LogP contribution >= 0.6 is 23.2 Å². The van der Waals surface area contributed by atoms with Gasteiger partial charge in [0, 0.05) is 19.5 Å². The van der Waals surface area contributed by atoms with Crippen molar-refractivity contribution in [1.82, 2.24) is 5.32 Å². The van der Waals surface area contributed by atoms with Gasteiger partial charge >= 0.3 is 0 Å². The molecule has 2 aromatic rings. The van der Waals surface area contributed by atoms with E-state index in [1.165, 1.54) is 12.1 Å². The molecule has 1 amide bonds. The van der Waals surface area contributed by atoms with E-state index in [4.69, 9.17) is 23.2 Å². The summed E-state index contributed by atoms with van der Waals surface area (Å²) < 4.78 is 12.8. The van der Waals surface area contributed by atoms with Crippen LogP contribution in [0.2, 0.25) is 10.0 Å². The lowest BCUT2D eigenvalue weighted by Crippen LogP contribution is -2.24. The van der Waals surface area contributed by atoms with E-state index in [2.05, 4.69) is 10.6 Å². The molecule has 6 heteroatoms. The van der Waals surface area contributed by atoms with Gasteiger partial charge in [-0.2, -0.15) is 0 Å². The Morgan fingerprint density at radius 3 is 2.32 bits per heavy atom. The number of rotatable bonds is 6. The van der Waals surface area contributed by atoms with Gasteiger partial charge in [-0.15, -0.1) is 0 Å². The summed E-state index contributed by atoms with van der Waals surface area (Å²) in [6.07, 6.45) is 0.281. The van der Waals surface area contributed by atoms with Crippen molar-refractivity contribution in [1.29, 1.82) is 0 Å². The number of anilines is 1. The smallest absolute Gasteiger partial charge is 0.222 e. The quantitative estimate of drug-likeness (QED) is 0.825. The standard InChI is InChI=1S/C16H15Cl2FN2O/c17-13-2-1-3-14(18)16(13)20-9-8-15(22)21-10-11-4-6-12(19)7-5-11/h1-7,20H,8-10H2,(H,21,22). The van der Waals surface area contributed by atoms with Gasteiger partial charge in [0.25, 0.3) is 0 Å². The first-order chi connectivity index (χ1) is 10.6. The van der Waals surface area contributed by atoms with Crippen LogP contribution in [0, 0.1) is 5.82 Å². The van der Waals surface area contributed by atoms with Gasteiger partial charge in [-0.25, -0.2) is 4.39 Å². The Bertz CT molecular complexity index is 627. The molecule has 0 saturated carbocycles. The Hall–Kier alpha value is -1.78. The van der Waals surface area contributed by atoms with Gasteiger partial charge in [-0.05, 0) is 29.8 Å². The van der Waals surface area contributed by atoms with Gasteiger partial charge in [-0.1, -0.05) is 41.4 Å². The number of carbonyl (C=O) groups is 1. The molecular weight excluding hydrogens is 326 g/mol. The summed E-state index contributed by atoms with van der Waals surface area (Å²) in [6, 6.07) is 11.2. The lowest BCUT2D eigenvalue weighted by Gasteiger charge is -2.10. The zero-order chi connectivity index (χ0) is 15.9. The first kappa shape index (κ1) is 16.6. The summed E-state index contributed by atoms with van der Waals surface area (Å²) in [7, 11) is 0. The average Bonchev–Trinajstić information content (AvgIpc) is 2.50. The van der Waals surface area contributed by atoms with Crippen molar-refractivity contribution in [3.05, 3.63) is 63.9 Å². The summed E-state index contributed by atoms with van der Waals surface area (Å²) in [4.78, 5) is 11.8. The van der Waals surface area contributed by atoms with Crippen LogP contribution in [-0.4, -0.2) is 12.5 Å². The Labute approximate surface area is 138 Å². The lowest BCUT2D eigenvalue weighted by molar-refractivity contribution is -0.121. The Balaban J connectivity index is 1.75. The fourth-order valence-corrected chi connectivity index (χ4v) is 2.39. The van der Waals surface area contributed by atoms with Crippen LogP contribution in [0.4, 0.5) is 10.1 Å². The molecule has 2 N–H and O–H groups in total. The molecule has 0 aliphatic heterocycles. The number of hydrogen-bond donors (Lipinski definition) is 2. The van der Waals surface area contributed by atoms with Crippen molar-refractivity contribution in [2.24, 2.45) is 0 Å². The van der Waals surface area contributed by atoms with E-state index in [0.717, 1.165) is 5.56 Å². The Morgan fingerprint density at radius 1 is 1.05 bits per heavy atom. The minimum atomic E-state index is -0.295. The molecule has 2 rings (SSSR count). The van der Waals surface area contributed by atoms with E-state index >= 15 is 0 Å². The number of nitrogens with one attached hydrogen (secondary N) is 2. The van der Waals surface area contributed by atoms with Crippen molar-refractivity contribution in [3.8, 4) is 0 Å². The van der Waals surface area contributed by atoms with E-state index in [-0.39, 0.29) is 18.1 Å². The Kier molecular flexibility index (Phi) is 6.04. The molecule has 116 valence electrons. The second-order valence-electron chi connectivity index (χ2n) is 4.68. The van der Waals surface area contributed by atoms with E-state index in [1.807, 2.05) is 0 Å². The molecule has 0 saturated heterocycles. The van der Waals surface area contributed by atoms with Gasteiger partial charge in [0.1, 0.15) is 5.82 Å². The highest BCUT2D eigenvalue weighted by atomic mass is 35.5. The molecule has 2 aromatic carbocycles. The first-order valence-corrected chi connectivity index (χ1v) is 7.51. The largest absolute Gasteiger partial charge is 0.382 e. The maximum atomic E-state index is 12.8. The summed E-state index contributed by atoms with van der Waals surface area (Å²) in [5, 5.41) is 6.84. The van der Waals surface area contributed by atoms with E-state index in [9.17, 15) is 9.18 Å². The third-order valence-corrected chi connectivity index (χ3v) is 3.65. The molecule has 0 radical (unpaired) electrons. The predicted octanol–water partition coefficient (Wildman–Crippen LogP) is 4.25. The molecule has 0 fully saturated rings. The lowest BCUT2D eigenvalue weighted by atomic mass is 10.2. The van der Waals surface area contributed by atoms with Gasteiger partial charge in [0.2, 0.25) is 5.91 Å². The van der Waals surface area contributed by atoms with E-state index < -0.39 is 0 Å². The van der Waals surface area contributed by atoms with Crippen LogP contribution in [0.25, 0.3) is 0 Å². The molecular formula is C16H15Cl2FN2O. The molecule has 0 spiro atoms. The first-order valence-electron chi connectivity index (χ1n) is 6.75. The number of carbonyl (C=O) groups excluding carboxylic acids is 1. The number of halogens is 3. The highest BCUT2D eigenvalue weighted by molar-refractivity contribution is 6.39. The van der Waals surface area contributed by atoms with Gasteiger partial charge in [0.15, 0.2) is 0 Å². The van der Waals surface area contributed by atoms with Crippen LogP contribution in [0.3, 0.4) is 0 Å². The highest BCUT2D eigenvalue weighted by Gasteiger charge is 2.06. The molecule has 0 unspecified atom stereocenters. The molecule has 0 heterocycles. The van der Waals surface area contributed by atoms with Crippen molar-refractivity contribution in [2.75, 3.05) is 11.9 Å². The second kappa shape index (κ2) is 8.01. The third-order valence-electron chi connectivity index (χ3n) is 3.02. The van der Waals surface area contributed by atoms with Crippen molar-refractivity contribution >= 4 is 34.8 Å². The number of hydrogen-bond acceptors (Lipinski definition) is 2. The molecule has 0 aliphatic carbocycles. The maximum Gasteiger partial charge on any atom is 0.222 e. The average molecular weight is 341 g/mol. The summed E-state index contributed by atoms with van der Waals surface area (Å²) >= 11 is 12.0. The molecule has 3 nitrogen and oxygen atoms in total. The van der Waals surface area contributed by atoms with Gasteiger partial charge < -0.3 is 10.6 Å². The number of para-hydroxylation sites is 1. The number of amides is 1. The minimum absolute atomic E-state index is 0.111. The molecule has 0 bridgehead atoms. The van der Waals surface area contributed by atoms with E-state index in [0.29, 0.717) is 28.8 Å². The second-order valence-corrected chi connectivity index (χ2v) is 5.49. The SMILES string of the molecule is O=C(CCNc1c(Cl)cccc1Cl)NCc1ccc(F)cc1. The summed E-state index contributed by atoms with van der Waals surface area (Å²) in [6.45, 7) is 0.782. The van der Waals surface area contributed by atoms with Crippen LogP contribution in [0.15, 0.2) is 42.5 Å². The zero-order valence-corrected chi connectivity index (χ0v) is 13.2. The fraction of sp³-hybridized carbons (Fsp3) is 0.188. The normalized spacial score (nSPS) is 10.3. The van der Waals surface area contributed by atoms with Crippen LogP contribution in [0.1, 0.15) is 12.0 Å². The zero-order valence-electron chi connectivity index (χ0n) is 11.7. The monoisotopic (exact) mass is 340 g/mol. The topological polar surface area (TPSA) is 41.1 Å². The van der Waals surface area contributed by atoms with Crippen LogP contribution < -0.4 is 10.6 Å². The highest BCUT2D eigenvalue weighted by Crippen LogP contribution is 2.29. The Morgan fingerprint density at radius 2 is 1.68 bits per heavy atom. The minimum Gasteiger partial charge on any atom is -0.382 e. The summed E-state index contributed by atoms with van der Waals surface area (Å²) in [5.41, 5.74) is 1.47. The number of benzene rings is 2.